The first-order valence-corrected chi connectivity index (χ1v) is 21.3. The van der Waals surface area contributed by atoms with Crippen LogP contribution >= 0.6 is 0 Å². The SMILES string of the molecule is CCCn1cc(-c2nc(Nc3ccc(C(=O)NCCOCCOCCOCCOCCOCCNc4cccc5c4C(=O)N(C4CCC(=O)NC4=O)C5=O)cc3)nc3[nH]ccc23)cn1. The minimum absolute atomic E-state index is 0.0579. The molecule has 3 aromatic heterocycles. The fourth-order valence-electron chi connectivity index (χ4n) is 7.13. The molecule has 20 nitrogen and oxygen atoms in total. The standard InChI is InChI=1S/C44H52N10O10/c1-2-16-53-28-30(27-48-53)38-33-12-13-46-39(33)52-44(51-38)49-31-8-6-29(7-9-31)40(56)47-15-18-61-20-22-63-24-26-64-25-23-62-21-19-60-17-14-45-34-5-3-4-32-37(34)43(59)54(42(32)58)35-10-11-36(55)50-41(35)57/h3-9,12-13,27-28,35,45H,2,10-11,14-26H2,1H3,(H,47,56)(H,50,55,57)(H2,46,49,51,52). The Morgan fingerprint density at radius 3 is 2.19 bits per heavy atom. The van der Waals surface area contributed by atoms with Crippen LogP contribution in [0.15, 0.2) is 67.1 Å². The highest BCUT2D eigenvalue weighted by atomic mass is 16.6. The monoisotopic (exact) mass is 880 g/mol. The van der Waals surface area contributed by atoms with Crippen LogP contribution in [0, 0.1) is 0 Å². The van der Waals surface area contributed by atoms with Gasteiger partial charge in [0.25, 0.3) is 17.7 Å². The molecule has 5 N–H and O–H groups in total. The number of H-pyrrole nitrogens is 1. The van der Waals surface area contributed by atoms with Crippen molar-refractivity contribution in [3.63, 3.8) is 0 Å². The zero-order valence-corrected chi connectivity index (χ0v) is 35.6. The highest BCUT2D eigenvalue weighted by Crippen LogP contribution is 2.32. The predicted molar refractivity (Wildman–Crippen MR) is 233 cm³/mol. The van der Waals surface area contributed by atoms with Crippen molar-refractivity contribution in [3.05, 3.63) is 83.8 Å². The second kappa shape index (κ2) is 22.7. The highest BCUT2D eigenvalue weighted by molar-refractivity contribution is 6.25. The van der Waals surface area contributed by atoms with E-state index in [1.54, 1.807) is 42.5 Å². The van der Waals surface area contributed by atoms with E-state index >= 15 is 0 Å². The van der Waals surface area contributed by atoms with E-state index in [0.29, 0.717) is 102 Å². The van der Waals surface area contributed by atoms with Crippen LogP contribution < -0.4 is 21.3 Å². The molecule has 2 aromatic carbocycles. The van der Waals surface area contributed by atoms with Gasteiger partial charge in [0.2, 0.25) is 17.8 Å². The predicted octanol–water partition coefficient (Wildman–Crippen LogP) is 3.30. The molecule has 338 valence electrons. The molecule has 64 heavy (non-hydrogen) atoms. The number of nitrogens with zero attached hydrogens (tertiary/aromatic N) is 5. The van der Waals surface area contributed by atoms with Gasteiger partial charge in [0.05, 0.1) is 89.1 Å². The van der Waals surface area contributed by atoms with E-state index in [-0.39, 0.29) is 29.9 Å². The van der Waals surface area contributed by atoms with Gasteiger partial charge in [-0.1, -0.05) is 13.0 Å². The second-order valence-corrected chi connectivity index (χ2v) is 14.8. The lowest BCUT2D eigenvalue weighted by Crippen LogP contribution is -2.54. The van der Waals surface area contributed by atoms with Gasteiger partial charge in [-0.25, -0.2) is 4.98 Å². The zero-order valence-electron chi connectivity index (χ0n) is 35.6. The Hall–Kier alpha value is -6.58. The molecule has 2 aliphatic heterocycles. The third-order valence-electron chi connectivity index (χ3n) is 10.2. The summed E-state index contributed by atoms with van der Waals surface area (Å²) in [7, 11) is 0. The lowest BCUT2D eigenvalue weighted by molar-refractivity contribution is -0.136. The number of benzene rings is 2. The van der Waals surface area contributed by atoms with Crippen molar-refractivity contribution in [2.24, 2.45) is 0 Å². The number of fused-ring (bicyclic) bond motifs is 2. The third-order valence-corrected chi connectivity index (χ3v) is 10.2. The molecule has 0 saturated carbocycles. The van der Waals surface area contributed by atoms with E-state index in [1.807, 2.05) is 29.3 Å². The van der Waals surface area contributed by atoms with Crippen molar-refractivity contribution in [2.45, 2.75) is 38.8 Å². The topological polar surface area (TPSA) is 242 Å². The van der Waals surface area contributed by atoms with Gasteiger partial charge in [-0.3, -0.25) is 38.9 Å². The van der Waals surface area contributed by atoms with Crippen LogP contribution in [0.25, 0.3) is 22.3 Å². The molecule has 2 aliphatic rings. The number of ether oxygens (including phenoxy) is 5. The number of piperidine rings is 1. The van der Waals surface area contributed by atoms with Crippen molar-refractivity contribution < 1.29 is 47.7 Å². The first kappa shape index (κ1) is 45.4. The van der Waals surface area contributed by atoms with Gasteiger partial charge in [0, 0.05) is 66.3 Å². The molecule has 7 rings (SSSR count). The number of anilines is 3. The summed E-state index contributed by atoms with van der Waals surface area (Å²) in [6, 6.07) is 12.9. The lowest BCUT2D eigenvalue weighted by Gasteiger charge is -2.27. The van der Waals surface area contributed by atoms with E-state index in [0.717, 1.165) is 40.2 Å². The van der Waals surface area contributed by atoms with E-state index in [4.69, 9.17) is 28.7 Å². The summed E-state index contributed by atoms with van der Waals surface area (Å²) in [6.07, 6.45) is 6.76. The molecular formula is C44H52N10O10. The largest absolute Gasteiger partial charge is 0.382 e. The van der Waals surface area contributed by atoms with Crippen LogP contribution in [0.1, 0.15) is 57.3 Å². The van der Waals surface area contributed by atoms with Crippen molar-refractivity contribution in [2.75, 3.05) is 89.8 Å². The summed E-state index contributed by atoms with van der Waals surface area (Å²) in [4.78, 5) is 76.2. The fraction of sp³-hybridized carbons (Fsp3) is 0.409. The van der Waals surface area contributed by atoms with Crippen LogP contribution in [0.3, 0.4) is 0 Å². The van der Waals surface area contributed by atoms with Crippen LogP contribution in [0.2, 0.25) is 0 Å². The molecule has 1 atom stereocenters. The van der Waals surface area contributed by atoms with E-state index in [9.17, 15) is 24.0 Å². The highest BCUT2D eigenvalue weighted by Gasteiger charge is 2.45. The number of hydrogen-bond donors (Lipinski definition) is 5. The number of imide groups is 2. The number of nitrogens with one attached hydrogen (secondary N) is 5. The molecule has 5 amide bonds. The zero-order chi connectivity index (χ0) is 44.7. The lowest BCUT2D eigenvalue weighted by atomic mass is 10.0. The summed E-state index contributed by atoms with van der Waals surface area (Å²) in [5.74, 6) is -1.98. The van der Waals surface area contributed by atoms with Crippen molar-refractivity contribution in [3.8, 4) is 11.3 Å². The fourth-order valence-corrected chi connectivity index (χ4v) is 7.13. The molecule has 0 aliphatic carbocycles. The van der Waals surface area contributed by atoms with Gasteiger partial charge < -0.3 is 44.6 Å². The molecule has 1 fully saturated rings. The number of rotatable bonds is 26. The number of hydrogen-bond acceptors (Lipinski definition) is 15. The average Bonchev–Trinajstić information content (AvgIpc) is 4.03. The maximum absolute atomic E-state index is 13.2. The van der Waals surface area contributed by atoms with Crippen LogP contribution in [-0.2, 0) is 39.8 Å². The van der Waals surface area contributed by atoms with Gasteiger partial charge in [-0.05, 0) is 55.3 Å². The summed E-state index contributed by atoms with van der Waals surface area (Å²) >= 11 is 0. The molecule has 1 unspecified atom stereocenters. The number of aryl methyl sites for hydroxylation is 1. The minimum atomic E-state index is -1.02. The smallest absolute Gasteiger partial charge is 0.264 e. The van der Waals surface area contributed by atoms with Crippen LogP contribution in [-0.4, -0.2) is 144 Å². The molecule has 20 heteroatoms. The number of amides is 5. The second-order valence-electron chi connectivity index (χ2n) is 14.8. The van der Waals surface area contributed by atoms with Crippen molar-refractivity contribution >= 4 is 57.9 Å². The van der Waals surface area contributed by atoms with Gasteiger partial charge in [0.1, 0.15) is 11.7 Å². The normalized spacial score (nSPS) is 14.9. The number of aromatic amines is 1. The Bertz CT molecular complexity index is 2400. The summed E-state index contributed by atoms with van der Waals surface area (Å²) < 4.78 is 29.7. The third kappa shape index (κ3) is 11.7. The van der Waals surface area contributed by atoms with Crippen LogP contribution in [0.4, 0.5) is 17.3 Å². The number of carbonyl (C=O) groups is 5. The first-order chi connectivity index (χ1) is 31.3. The van der Waals surface area contributed by atoms with Gasteiger partial charge in [-0.15, -0.1) is 0 Å². The Morgan fingerprint density at radius 2 is 1.50 bits per heavy atom. The molecular weight excluding hydrogens is 829 g/mol. The van der Waals surface area contributed by atoms with Crippen molar-refractivity contribution in [1.29, 1.82) is 0 Å². The average molecular weight is 881 g/mol. The van der Waals surface area contributed by atoms with Gasteiger partial charge >= 0.3 is 0 Å². The maximum atomic E-state index is 13.2. The van der Waals surface area contributed by atoms with Crippen molar-refractivity contribution in [1.82, 2.24) is 40.3 Å². The Morgan fingerprint density at radius 1 is 0.812 bits per heavy atom. The van der Waals surface area contributed by atoms with Gasteiger partial charge in [-0.2, -0.15) is 10.1 Å². The quantitative estimate of drug-likeness (QED) is 0.0396. The summed E-state index contributed by atoms with van der Waals surface area (Å²) in [5.41, 5.74) is 4.52. The summed E-state index contributed by atoms with van der Waals surface area (Å²) in [5, 5.41) is 16.8. The van der Waals surface area contributed by atoms with Gasteiger partial charge in [0.15, 0.2) is 0 Å². The molecule has 5 heterocycles. The van der Waals surface area contributed by atoms with E-state index < -0.39 is 29.7 Å². The number of aromatic nitrogens is 5. The Kier molecular flexibility index (Phi) is 16.1. The molecule has 5 aromatic rings. The van der Waals surface area contributed by atoms with Crippen LogP contribution in [0.5, 0.6) is 0 Å². The summed E-state index contributed by atoms with van der Waals surface area (Å²) in [6.45, 7) is 7.40. The molecule has 1 saturated heterocycles. The van der Waals surface area contributed by atoms with E-state index in [2.05, 4.69) is 43.3 Å². The Labute approximate surface area is 368 Å². The molecule has 0 bridgehead atoms. The minimum Gasteiger partial charge on any atom is -0.382 e. The molecule has 0 radical (unpaired) electrons. The van der Waals surface area contributed by atoms with E-state index in [1.165, 1.54) is 0 Å². The first-order valence-electron chi connectivity index (χ1n) is 21.3. The maximum Gasteiger partial charge on any atom is 0.264 e. The Balaban J connectivity index is 0.672. The number of carbonyl (C=O) groups excluding carboxylic acids is 5. The molecule has 0 spiro atoms.